The Kier molecular flexibility index (Phi) is 6.83. The van der Waals surface area contributed by atoms with Gasteiger partial charge in [0, 0.05) is 26.1 Å². The van der Waals surface area contributed by atoms with E-state index in [4.69, 9.17) is 0 Å². The van der Waals surface area contributed by atoms with Gasteiger partial charge in [-0.2, -0.15) is 0 Å². The number of nitrogens with one attached hydrogen (secondary N) is 2. The fraction of sp³-hybridized carbons (Fsp3) is 0.350. The van der Waals surface area contributed by atoms with Crippen LogP contribution < -0.4 is 10.6 Å². The number of carbonyl (C=O) groups is 1. The van der Waals surface area contributed by atoms with Crippen LogP contribution in [0.2, 0.25) is 0 Å². The van der Waals surface area contributed by atoms with Crippen molar-refractivity contribution in [1.29, 1.82) is 0 Å². The van der Waals surface area contributed by atoms with Crippen molar-refractivity contribution in [1.82, 2.24) is 10.6 Å². The Morgan fingerprint density at radius 1 is 1.12 bits per heavy atom. The first-order valence-electron chi connectivity index (χ1n) is 8.39. The van der Waals surface area contributed by atoms with Crippen LogP contribution in [0.15, 0.2) is 48.5 Å². The van der Waals surface area contributed by atoms with Gasteiger partial charge in [0.05, 0.1) is 0 Å². The van der Waals surface area contributed by atoms with Crippen molar-refractivity contribution in [2.45, 2.75) is 45.3 Å². The van der Waals surface area contributed by atoms with E-state index in [-0.39, 0.29) is 18.3 Å². The number of halogens is 1. The fourth-order valence-electron chi connectivity index (χ4n) is 3.18. The van der Waals surface area contributed by atoms with Gasteiger partial charge in [-0.15, -0.1) is 12.4 Å². The minimum Gasteiger partial charge on any atom is -0.352 e. The zero-order valence-electron chi connectivity index (χ0n) is 14.0. The van der Waals surface area contributed by atoms with Gasteiger partial charge < -0.3 is 10.6 Å². The van der Waals surface area contributed by atoms with Crippen molar-refractivity contribution in [3.05, 3.63) is 70.8 Å². The van der Waals surface area contributed by atoms with Gasteiger partial charge >= 0.3 is 0 Å². The molecule has 2 aromatic carbocycles. The highest BCUT2D eigenvalue weighted by atomic mass is 35.5. The summed E-state index contributed by atoms with van der Waals surface area (Å²) in [6.07, 6.45) is 1.52. The molecule has 3 rings (SSSR count). The second-order valence-corrected chi connectivity index (χ2v) is 6.20. The van der Waals surface area contributed by atoms with E-state index in [1.54, 1.807) is 0 Å². The van der Waals surface area contributed by atoms with Crippen LogP contribution in [0.1, 0.15) is 47.9 Å². The highest BCUT2D eigenvalue weighted by Gasteiger charge is 2.14. The predicted molar refractivity (Wildman–Crippen MR) is 100 cm³/mol. The Morgan fingerprint density at radius 3 is 2.62 bits per heavy atom. The molecule has 24 heavy (non-hydrogen) atoms. The molecule has 0 saturated carbocycles. The summed E-state index contributed by atoms with van der Waals surface area (Å²) in [5.74, 6) is 0.416. The van der Waals surface area contributed by atoms with Crippen LogP contribution >= 0.6 is 12.4 Å². The molecule has 0 spiro atoms. The average Bonchev–Trinajstić information content (AvgIpc) is 3.06. The molecule has 1 amide bonds. The summed E-state index contributed by atoms with van der Waals surface area (Å²) in [5, 5.41) is 6.41. The molecule has 1 heterocycles. The van der Waals surface area contributed by atoms with Crippen molar-refractivity contribution in [3.8, 4) is 0 Å². The molecule has 0 saturated heterocycles. The molecular weight excluding hydrogens is 320 g/mol. The van der Waals surface area contributed by atoms with Crippen LogP contribution in [-0.4, -0.2) is 5.91 Å². The van der Waals surface area contributed by atoms with E-state index in [9.17, 15) is 4.79 Å². The zero-order chi connectivity index (χ0) is 16.1. The summed E-state index contributed by atoms with van der Waals surface area (Å²) in [6.45, 7) is 4.63. The Hall–Kier alpha value is -1.84. The summed E-state index contributed by atoms with van der Waals surface area (Å²) < 4.78 is 0. The summed E-state index contributed by atoms with van der Waals surface area (Å²) in [4.78, 5) is 12.3. The second kappa shape index (κ2) is 8.86. The minimum atomic E-state index is 0. The quantitative estimate of drug-likeness (QED) is 0.834. The van der Waals surface area contributed by atoms with Crippen LogP contribution in [0.25, 0.3) is 0 Å². The Bertz CT molecular complexity index is 673. The van der Waals surface area contributed by atoms with Gasteiger partial charge in [-0.3, -0.25) is 4.79 Å². The minimum absolute atomic E-state index is 0. The molecule has 0 fully saturated rings. The molecule has 0 aromatic heterocycles. The van der Waals surface area contributed by atoms with Crippen molar-refractivity contribution in [2.75, 3.05) is 0 Å². The second-order valence-electron chi connectivity index (χ2n) is 6.20. The van der Waals surface area contributed by atoms with Gasteiger partial charge in [0.2, 0.25) is 5.91 Å². The molecule has 0 bridgehead atoms. The van der Waals surface area contributed by atoms with Crippen LogP contribution in [0, 0.1) is 0 Å². The number of rotatable bonds is 6. The van der Waals surface area contributed by atoms with E-state index >= 15 is 0 Å². The lowest BCUT2D eigenvalue weighted by atomic mass is 9.93. The van der Waals surface area contributed by atoms with E-state index in [1.807, 2.05) is 18.2 Å². The van der Waals surface area contributed by atoms with Crippen molar-refractivity contribution >= 4 is 18.3 Å². The van der Waals surface area contributed by atoms with Crippen LogP contribution in [0.4, 0.5) is 0 Å². The van der Waals surface area contributed by atoms with Gasteiger partial charge in [-0.25, -0.2) is 0 Å². The molecule has 4 heteroatoms. The SMILES string of the molecule is CCC(CC(=O)NCc1ccc2c(c1)CNC2)c1ccccc1.Cl. The van der Waals surface area contributed by atoms with Crippen LogP contribution in [0.3, 0.4) is 0 Å². The average molecular weight is 345 g/mol. The number of carbonyl (C=O) groups excluding carboxylic acids is 1. The maximum Gasteiger partial charge on any atom is 0.220 e. The van der Waals surface area contributed by atoms with E-state index in [1.165, 1.54) is 22.3 Å². The summed E-state index contributed by atoms with van der Waals surface area (Å²) >= 11 is 0. The normalized spacial score (nSPS) is 13.7. The first-order chi connectivity index (χ1) is 11.3. The van der Waals surface area contributed by atoms with Crippen molar-refractivity contribution in [2.24, 2.45) is 0 Å². The number of benzene rings is 2. The standard InChI is InChI=1S/C20H24N2O.ClH/c1-2-16(17-6-4-3-5-7-17)11-20(23)22-12-15-8-9-18-13-21-14-19(18)10-15;/h3-10,16,21H,2,11-14H2,1H3,(H,22,23);1H. The first kappa shape index (κ1) is 18.5. The molecule has 1 atom stereocenters. The monoisotopic (exact) mass is 344 g/mol. The molecule has 1 unspecified atom stereocenters. The molecule has 2 N–H and O–H groups in total. The lowest BCUT2D eigenvalue weighted by molar-refractivity contribution is -0.121. The lowest BCUT2D eigenvalue weighted by Gasteiger charge is -2.15. The van der Waals surface area contributed by atoms with E-state index in [2.05, 4.69) is 47.9 Å². The molecular formula is C20H25ClN2O. The van der Waals surface area contributed by atoms with E-state index in [0.717, 1.165) is 19.5 Å². The molecule has 3 nitrogen and oxygen atoms in total. The van der Waals surface area contributed by atoms with Crippen LogP contribution in [0.5, 0.6) is 0 Å². The van der Waals surface area contributed by atoms with E-state index in [0.29, 0.717) is 18.9 Å². The maximum atomic E-state index is 12.3. The first-order valence-corrected chi connectivity index (χ1v) is 8.39. The molecule has 2 aromatic rings. The molecule has 1 aliphatic heterocycles. The maximum absolute atomic E-state index is 12.3. The van der Waals surface area contributed by atoms with E-state index < -0.39 is 0 Å². The number of hydrogen-bond acceptors (Lipinski definition) is 2. The molecule has 0 radical (unpaired) electrons. The summed E-state index contributed by atoms with van der Waals surface area (Å²) in [7, 11) is 0. The highest BCUT2D eigenvalue weighted by molar-refractivity contribution is 5.85. The Morgan fingerprint density at radius 2 is 1.88 bits per heavy atom. The molecule has 0 aliphatic carbocycles. The van der Waals surface area contributed by atoms with Gasteiger partial charge in [-0.1, -0.05) is 55.5 Å². The van der Waals surface area contributed by atoms with Crippen LogP contribution in [-0.2, 0) is 24.4 Å². The Labute approximate surface area is 150 Å². The van der Waals surface area contributed by atoms with Gasteiger partial charge in [0.1, 0.15) is 0 Å². The third-order valence-electron chi connectivity index (χ3n) is 4.59. The number of hydrogen-bond donors (Lipinski definition) is 2. The lowest BCUT2D eigenvalue weighted by Crippen LogP contribution is -2.24. The summed E-state index contributed by atoms with van der Waals surface area (Å²) in [6, 6.07) is 16.8. The highest BCUT2D eigenvalue weighted by Crippen LogP contribution is 2.23. The fourth-order valence-corrected chi connectivity index (χ4v) is 3.18. The molecule has 128 valence electrons. The van der Waals surface area contributed by atoms with Gasteiger partial charge in [0.15, 0.2) is 0 Å². The summed E-state index contributed by atoms with van der Waals surface area (Å²) in [5.41, 5.74) is 5.14. The third-order valence-corrected chi connectivity index (χ3v) is 4.59. The van der Waals surface area contributed by atoms with Gasteiger partial charge in [-0.05, 0) is 34.6 Å². The predicted octanol–water partition coefficient (Wildman–Crippen LogP) is 3.91. The third kappa shape index (κ3) is 4.59. The molecule has 1 aliphatic rings. The Balaban J connectivity index is 0.00000208. The topological polar surface area (TPSA) is 41.1 Å². The smallest absolute Gasteiger partial charge is 0.220 e. The number of fused-ring (bicyclic) bond motifs is 1. The van der Waals surface area contributed by atoms with Gasteiger partial charge in [0.25, 0.3) is 0 Å². The zero-order valence-corrected chi connectivity index (χ0v) is 14.9. The van der Waals surface area contributed by atoms with Crippen molar-refractivity contribution < 1.29 is 4.79 Å². The largest absolute Gasteiger partial charge is 0.352 e. The van der Waals surface area contributed by atoms with Crippen molar-refractivity contribution in [3.63, 3.8) is 0 Å². The number of amides is 1.